The van der Waals surface area contributed by atoms with Gasteiger partial charge in [-0.2, -0.15) is 0 Å². The Morgan fingerprint density at radius 2 is 2.17 bits per heavy atom. The van der Waals surface area contributed by atoms with Crippen molar-refractivity contribution < 1.29 is 9.21 Å². The summed E-state index contributed by atoms with van der Waals surface area (Å²) in [6, 6.07) is 3.91. The number of aromatic nitrogens is 1. The van der Waals surface area contributed by atoms with Crippen molar-refractivity contribution in [3.8, 4) is 10.8 Å². The Kier molecular flexibility index (Phi) is 8.22. The van der Waals surface area contributed by atoms with Crippen molar-refractivity contribution in [1.29, 1.82) is 0 Å². The molecule has 5 nitrogen and oxygen atoms in total. The van der Waals surface area contributed by atoms with Crippen LogP contribution < -0.4 is 10.6 Å². The molecule has 24 heavy (non-hydrogen) atoms. The zero-order valence-corrected chi connectivity index (χ0v) is 16.0. The molecule has 3 rings (SSSR count). The van der Waals surface area contributed by atoms with Gasteiger partial charge in [-0.25, -0.2) is 4.98 Å². The van der Waals surface area contributed by atoms with Crippen LogP contribution in [0.5, 0.6) is 0 Å². The van der Waals surface area contributed by atoms with Crippen molar-refractivity contribution in [2.45, 2.75) is 26.2 Å². The molecule has 134 valence electrons. The molecule has 1 aliphatic rings. The highest BCUT2D eigenvalue weighted by Gasteiger charge is 2.27. The maximum absolute atomic E-state index is 12.1. The third-order valence-corrected chi connectivity index (χ3v) is 5.01. The molecule has 8 heteroatoms. The monoisotopic (exact) mass is 391 g/mol. The molecule has 0 radical (unpaired) electrons. The quantitative estimate of drug-likeness (QED) is 0.820. The minimum Gasteiger partial charge on any atom is -0.444 e. The lowest BCUT2D eigenvalue weighted by molar-refractivity contribution is -0.121. The normalized spacial score (nSPS) is 15.9. The standard InChI is InChI=1S/C16H21N3O2S.2ClH/c1-16(4-6-17-7-5-16)11-18-14(20)9-12-10-21-15(19-12)13-3-2-8-22-13;;/h2-3,8,10,17H,4-7,9,11H2,1H3,(H,18,20);2*1H. The first-order valence-electron chi connectivity index (χ1n) is 7.60. The summed E-state index contributed by atoms with van der Waals surface area (Å²) >= 11 is 1.57. The summed E-state index contributed by atoms with van der Waals surface area (Å²) in [5, 5.41) is 8.37. The van der Waals surface area contributed by atoms with Crippen LogP contribution in [0.25, 0.3) is 10.8 Å². The molecule has 2 N–H and O–H groups in total. The fraction of sp³-hybridized carbons (Fsp3) is 0.500. The van der Waals surface area contributed by atoms with Crippen LogP contribution in [-0.2, 0) is 11.2 Å². The molecule has 1 fully saturated rings. The fourth-order valence-electron chi connectivity index (χ4n) is 2.65. The number of carbonyl (C=O) groups excluding carboxylic acids is 1. The molecule has 0 aromatic carbocycles. The van der Waals surface area contributed by atoms with Crippen LogP contribution in [0.4, 0.5) is 0 Å². The van der Waals surface area contributed by atoms with Crippen LogP contribution in [0.15, 0.2) is 28.2 Å². The molecule has 0 atom stereocenters. The molecule has 0 bridgehead atoms. The number of carbonyl (C=O) groups is 1. The molecule has 1 saturated heterocycles. The fourth-order valence-corrected chi connectivity index (χ4v) is 3.30. The first kappa shape index (κ1) is 21.0. The van der Waals surface area contributed by atoms with E-state index in [1.807, 2.05) is 17.5 Å². The Hall–Kier alpha value is -1.08. The van der Waals surface area contributed by atoms with Crippen LogP contribution in [0.3, 0.4) is 0 Å². The Balaban J connectivity index is 0.00000144. The van der Waals surface area contributed by atoms with E-state index in [9.17, 15) is 4.79 Å². The molecule has 0 unspecified atom stereocenters. The van der Waals surface area contributed by atoms with E-state index in [0.29, 0.717) is 11.6 Å². The van der Waals surface area contributed by atoms with Gasteiger partial charge in [0.2, 0.25) is 11.8 Å². The van der Waals surface area contributed by atoms with Gasteiger partial charge in [0.1, 0.15) is 6.26 Å². The SMILES string of the molecule is CC1(CNC(=O)Cc2coc(-c3cccs3)n2)CCNCC1.Cl.Cl. The first-order chi connectivity index (χ1) is 10.6. The summed E-state index contributed by atoms with van der Waals surface area (Å²) in [6.45, 7) is 5.02. The minimum atomic E-state index is 0. The third-order valence-electron chi connectivity index (χ3n) is 4.15. The molecule has 1 aliphatic heterocycles. The molecular weight excluding hydrogens is 369 g/mol. The average Bonchev–Trinajstić information content (AvgIpc) is 3.17. The van der Waals surface area contributed by atoms with E-state index in [-0.39, 0.29) is 42.6 Å². The van der Waals surface area contributed by atoms with Crippen LogP contribution in [-0.4, -0.2) is 30.5 Å². The molecule has 0 spiro atoms. The number of piperidine rings is 1. The maximum atomic E-state index is 12.1. The number of nitrogens with one attached hydrogen (secondary N) is 2. The van der Waals surface area contributed by atoms with E-state index < -0.39 is 0 Å². The minimum absolute atomic E-state index is 0. The molecule has 2 aromatic rings. The average molecular weight is 392 g/mol. The lowest BCUT2D eigenvalue weighted by Gasteiger charge is -2.34. The lowest BCUT2D eigenvalue weighted by Crippen LogP contribution is -2.43. The number of oxazole rings is 1. The maximum Gasteiger partial charge on any atom is 0.236 e. The van der Waals surface area contributed by atoms with Crippen molar-refractivity contribution in [2.24, 2.45) is 5.41 Å². The molecular formula is C16H23Cl2N3O2S. The zero-order valence-electron chi connectivity index (χ0n) is 13.5. The van der Waals surface area contributed by atoms with Gasteiger partial charge in [0.15, 0.2) is 0 Å². The van der Waals surface area contributed by atoms with Gasteiger partial charge < -0.3 is 15.1 Å². The summed E-state index contributed by atoms with van der Waals surface area (Å²) in [4.78, 5) is 17.4. The molecule has 0 aliphatic carbocycles. The first-order valence-corrected chi connectivity index (χ1v) is 8.48. The Labute approximate surface area is 158 Å². The highest BCUT2D eigenvalue weighted by Crippen LogP contribution is 2.27. The number of hydrogen-bond donors (Lipinski definition) is 2. The summed E-state index contributed by atoms with van der Waals surface area (Å²) in [5.41, 5.74) is 0.878. The number of hydrogen-bond acceptors (Lipinski definition) is 5. The van der Waals surface area contributed by atoms with Gasteiger partial charge in [0.05, 0.1) is 17.0 Å². The van der Waals surface area contributed by atoms with Crippen LogP contribution in [0.2, 0.25) is 0 Å². The Morgan fingerprint density at radius 3 is 2.83 bits per heavy atom. The number of halogens is 2. The van der Waals surface area contributed by atoms with Gasteiger partial charge >= 0.3 is 0 Å². The summed E-state index contributed by atoms with van der Waals surface area (Å²) in [5.74, 6) is 0.592. The van der Waals surface area contributed by atoms with Crippen LogP contribution >= 0.6 is 36.2 Å². The molecule has 3 heterocycles. The van der Waals surface area contributed by atoms with Gasteiger partial charge in [0, 0.05) is 6.54 Å². The zero-order chi connectivity index (χ0) is 15.4. The summed E-state index contributed by atoms with van der Waals surface area (Å²) in [6.07, 6.45) is 4.03. The van der Waals surface area contributed by atoms with Crippen molar-refractivity contribution in [2.75, 3.05) is 19.6 Å². The predicted molar refractivity (Wildman–Crippen MR) is 101 cm³/mol. The van der Waals surface area contributed by atoms with E-state index in [4.69, 9.17) is 4.42 Å². The van der Waals surface area contributed by atoms with Crippen molar-refractivity contribution in [3.05, 3.63) is 29.5 Å². The summed E-state index contributed by atoms with van der Waals surface area (Å²) in [7, 11) is 0. The lowest BCUT2D eigenvalue weighted by atomic mass is 9.81. The molecule has 0 saturated carbocycles. The van der Waals surface area contributed by atoms with Gasteiger partial charge in [-0.05, 0) is 42.8 Å². The number of thiophene rings is 1. The largest absolute Gasteiger partial charge is 0.444 e. The van der Waals surface area contributed by atoms with Crippen LogP contribution in [0, 0.1) is 5.41 Å². The van der Waals surface area contributed by atoms with E-state index in [2.05, 4.69) is 22.5 Å². The van der Waals surface area contributed by atoms with Gasteiger partial charge in [-0.1, -0.05) is 13.0 Å². The Morgan fingerprint density at radius 1 is 1.42 bits per heavy atom. The summed E-state index contributed by atoms with van der Waals surface area (Å²) < 4.78 is 5.44. The second-order valence-electron chi connectivity index (χ2n) is 6.14. The molecule has 2 aromatic heterocycles. The highest BCUT2D eigenvalue weighted by molar-refractivity contribution is 7.13. The molecule has 1 amide bonds. The van der Waals surface area contributed by atoms with E-state index in [1.165, 1.54) is 0 Å². The van der Waals surface area contributed by atoms with Crippen molar-refractivity contribution in [1.82, 2.24) is 15.6 Å². The van der Waals surface area contributed by atoms with Gasteiger partial charge in [-0.15, -0.1) is 36.2 Å². The third kappa shape index (κ3) is 5.48. The highest BCUT2D eigenvalue weighted by atomic mass is 35.5. The van der Waals surface area contributed by atoms with E-state index in [1.54, 1.807) is 17.6 Å². The van der Waals surface area contributed by atoms with Crippen molar-refractivity contribution >= 4 is 42.1 Å². The van der Waals surface area contributed by atoms with Gasteiger partial charge in [-0.3, -0.25) is 4.79 Å². The second kappa shape index (κ2) is 9.42. The topological polar surface area (TPSA) is 67.2 Å². The number of rotatable bonds is 5. The van der Waals surface area contributed by atoms with E-state index >= 15 is 0 Å². The Bertz CT molecular complexity index is 625. The smallest absolute Gasteiger partial charge is 0.236 e. The van der Waals surface area contributed by atoms with E-state index in [0.717, 1.165) is 37.4 Å². The van der Waals surface area contributed by atoms with Gasteiger partial charge in [0.25, 0.3) is 0 Å². The van der Waals surface area contributed by atoms with Crippen molar-refractivity contribution in [3.63, 3.8) is 0 Å². The number of nitrogens with zero attached hydrogens (tertiary/aromatic N) is 1. The second-order valence-corrected chi connectivity index (χ2v) is 7.08. The van der Waals surface area contributed by atoms with Crippen LogP contribution in [0.1, 0.15) is 25.5 Å². The predicted octanol–water partition coefficient (Wildman–Crippen LogP) is 3.30. The number of amides is 1.